The number of hydrogen-bond acceptors (Lipinski definition) is 4. The van der Waals surface area contributed by atoms with Gasteiger partial charge in [-0.3, -0.25) is 4.79 Å². The number of piperidine rings is 1. The molecule has 2 fully saturated rings. The molecule has 32 heavy (non-hydrogen) atoms. The summed E-state index contributed by atoms with van der Waals surface area (Å²) in [5, 5.41) is 2.85. The van der Waals surface area contributed by atoms with Gasteiger partial charge in [0.15, 0.2) is 5.15 Å². The zero-order chi connectivity index (χ0) is 23.3. The number of carbonyl (C=O) groups is 1. The van der Waals surface area contributed by atoms with Crippen molar-refractivity contribution in [2.24, 2.45) is 0 Å². The molecule has 2 aliphatic rings. The molecule has 0 radical (unpaired) electrons. The number of amides is 1. The third-order valence-corrected chi connectivity index (χ3v) is 5.58. The van der Waals surface area contributed by atoms with Gasteiger partial charge in [-0.25, -0.2) is 9.97 Å². The maximum Gasteiger partial charge on any atom is 0.211 e. The average molecular weight is 453 g/mol. The van der Waals surface area contributed by atoms with Crippen molar-refractivity contribution in [2.75, 3.05) is 18.0 Å². The van der Waals surface area contributed by atoms with Crippen molar-refractivity contribution < 1.29 is 4.79 Å². The number of anilines is 1. The Labute approximate surface area is 197 Å². The number of terminal acetylenes is 1. The van der Waals surface area contributed by atoms with E-state index >= 15 is 0 Å². The van der Waals surface area contributed by atoms with Crippen molar-refractivity contribution in [1.29, 1.82) is 0 Å². The highest BCUT2D eigenvalue weighted by Crippen LogP contribution is 2.40. The molecular weight excluding hydrogens is 420 g/mol. The molecule has 5 nitrogen and oxygen atoms in total. The summed E-state index contributed by atoms with van der Waals surface area (Å²) in [5.74, 6) is 4.01. The molecule has 0 bridgehead atoms. The lowest BCUT2D eigenvalue weighted by Crippen LogP contribution is -2.30. The Balaban J connectivity index is 0.000000211. The van der Waals surface area contributed by atoms with Gasteiger partial charge < -0.3 is 10.2 Å². The van der Waals surface area contributed by atoms with Gasteiger partial charge in [0.1, 0.15) is 11.5 Å². The van der Waals surface area contributed by atoms with E-state index in [9.17, 15) is 4.79 Å². The SMILES string of the molecule is C#Cc1ncc(N2CCCCC2)nc1Cl.CC.Cc1ccc(C2CC2)cc1/C=C\NC=O. The zero-order valence-electron chi connectivity index (χ0n) is 19.3. The molecule has 1 aromatic heterocycles. The molecule has 2 aromatic rings. The summed E-state index contributed by atoms with van der Waals surface area (Å²) in [6, 6.07) is 6.57. The van der Waals surface area contributed by atoms with Crippen LogP contribution in [0.3, 0.4) is 0 Å². The molecule has 1 saturated heterocycles. The Hall–Kier alpha value is -2.84. The Morgan fingerprint density at radius 1 is 1.22 bits per heavy atom. The molecule has 1 aliphatic heterocycles. The minimum atomic E-state index is 0.320. The molecule has 0 spiro atoms. The van der Waals surface area contributed by atoms with Gasteiger partial charge in [-0.05, 0) is 73.6 Å². The zero-order valence-corrected chi connectivity index (χ0v) is 20.0. The van der Waals surface area contributed by atoms with E-state index in [2.05, 4.69) is 51.2 Å². The van der Waals surface area contributed by atoms with Crippen LogP contribution in [0.2, 0.25) is 5.15 Å². The molecule has 170 valence electrons. The lowest BCUT2D eigenvalue weighted by atomic mass is 10.0. The normalized spacial score (nSPS) is 15.0. The molecule has 1 saturated carbocycles. The van der Waals surface area contributed by atoms with Gasteiger partial charge in [-0.15, -0.1) is 6.42 Å². The third-order valence-electron chi connectivity index (χ3n) is 5.31. The van der Waals surface area contributed by atoms with Crippen LogP contribution in [0.25, 0.3) is 6.08 Å². The topological polar surface area (TPSA) is 58.1 Å². The second-order valence-electron chi connectivity index (χ2n) is 7.57. The smallest absolute Gasteiger partial charge is 0.211 e. The van der Waals surface area contributed by atoms with Crippen LogP contribution in [-0.4, -0.2) is 29.5 Å². The van der Waals surface area contributed by atoms with Gasteiger partial charge in [-0.2, -0.15) is 0 Å². The van der Waals surface area contributed by atoms with Crippen molar-refractivity contribution in [1.82, 2.24) is 15.3 Å². The van der Waals surface area contributed by atoms with Crippen LogP contribution >= 0.6 is 11.6 Å². The summed E-state index contributed by atoms with van der Waals surface area (Å²) in [7, 11) is 0. The van der Waals surface area contributed by atoms with Crippen LogP contribution in [0.5, 0.6) is 0 Å². The van der Waals surface area contributed by atoms with Crippen molar-refractivity contribution in [3.05, 3.63) is 58.1 Å². The van der Waals surface area contributed by atoms with Gasteiger partial charge in [0.05, 0.1) is 6.20 Å². The van der Waals surface area contributed by atoms with Gasteiger partial charge in [0.2, 0.25) is 6.41 Å². The first-order chi connectivity index (χ1) is 15.6. The van der Waals surface area contributed by atoms with E-state index in [1.807, 2.05) is 19.9 Å². The molecule has 2 heterocycles. The summed E-state index contributed by atoms with van der Waals surface area (Å²) < 4.78 is 0. The van der Waals surface area contributed by atoms with E-state index in [1.165, 1.54) is 48.8 Å². The second kappa shape index (κ2) is 13.5. The molecule has 0 atom stereocenters. The van der Waals surface area contributed by atoms with E-state index in [0.29, 0.717) is 17.3 Å². The molecular formula is C26H33ClN4O. The van der Waals surface area contributed by atoms with Crippen molar-refractivity contribution in [2.45, 2.75) is 58.8 Å². The Morgan fingerprint density at radius 2 is 1.94 bits per heavy atom. The maximum atomic E-state index is 10.1. The fourth-order valence-corrected chi connectivity index (χ4v) is 3.61. The number of hydrogen-bond donors (Lipinski definition) is 1. The van der Waals surface area contributed by atoms with Crippen molar-refractivity contribution in [3.63, 3.8) is 0 Å². The Morgan fingerprint density at radius 3 is 2.53 bits per heavy atom. The number of aromatic nitrogens is 2. The molecule has 1 amide bonds. The van der Waals surface area contributed by atoms with Gasteiger partial charge in [0.25, 0.3) is 0 Å². The van der Waals surface area contributed by atoms with E-state index < -0.39 is 0 Å². The summed E-state index contributed by atoms with van der Waals surface area (Å²) in [4.78, 5) is 20.7. The highest BCUT2D eigenvalue weighted by Gasteiger charge is 2.23. The highest BCUT2D eigenvalue weighted by atomic mass is 35.5. The standard InChI is InChI=1S/C13H15NO.C11H12ClN3.C2H6/c1-10-2-3-13(11-4-5-11)8-12(10)6-7-14-9-15;1-2-9-11(12)14-10(8-13-9)15-6-4-3-5-7-15;1-2/h2-3,6-9,11H,4-5H2,1H3,(H,14,15);1,8H,3-7H2;1-2H3/b7-6-;;. The molecule has 0 unspecified atom stereocenters. The van der Waals surface area contributed by atoms with Gasteiger partial charge in [-0.1, -0.05) is 43.6 Å². The van der Waals surface area contributed by atoms with E-state index in [0.717, 1.165) is 24.8 Å². The van der Waals surface area contributed by atoms with Gasteiger partial charge in [0, 0.05) is 19.3 Å². The van der Waals surface area contributed by atoms with Crippen LogP contribution in [-0.2, 0) is 4.79 Å². The largest absolute Gasteiger partial charge is 0.355 e. The molecule has 1 aliphatic carbocycles. The summed E-state index contributed by atoms with van der Waals surface area (Å²) in [5.41, 5.74) is 4.26. The highest BCUT2D eigenvalue weighted by molar-refractivity contribution is 6.30. The first-order valence-corrected chi connectivity index (χ1v) is 11.7. The first-order valence-electron chi connectivity index (χ1n) is 11.3. The molecule has 4 rings (SSSR count). The number of rotatable bonds is 5. The third kappa shape index (κ3) is 7.69. The lowest BCUT2D eigenvalue weighted by molar-refractivity contribution is -0.108. The van der Waals surface area contributed by atoms with Crippen LogP contribution in [0, 0.1) is 19.3 Å². The molecule has 6 heteroatoms. The maximum absolute atomic E-state index is 10.1. The van der Waals surface area contributed by atoms with Crippen molar-refractivity contribution >= 4 is 29.9 Å². The monoisotopic (exact) mass is 452 g/mol. The Bertz CT molecular complexity index is 941. The van der Waals surface area contributed by atoms with Crippen LogP contribution in [0.15, 0.2) is 30.6 Å². The molecule has 1 aromatic carbocycles. The summed E-state index contributed by atoms with van der Waals surface area (Å²) in [6.45, 7) is 8.14. The van der Waals surface area contributed by atoms with E-state index in [4.69, 9.17) is 18.0 Å². The van der Waals surface area contributed by atoms with Gasteiger partial charge >= 0.3 is 0 Å². The quantitative estimate of drug-likeness (QED) is 0.465. The summed E-state index contributed by atoms with van der Waals surface area (Å²) >= 11 is 5.91. The molecule has 1 N–H and O–H groups in total. The minimum Gasteiger partial charge on any atom is -0.355 e. The van der Waals surface area contributed by atoms with Crippen LogP contribution < -0.4 is 10.2 Å². The fourth-order valence-electron chi connectivity index (χ4n) is 3.42. The number of carbonyl (C=O) groups excluding carboxylic acids is 1. The van der Waals surface area contributed by atoms with Crippen LogP contribution in [0.4, 0.5) is 5.82 Å². The van der Waals surface area contributed by atoms with E-state index in [-0.39, 0.29) is 0 Å². The number of benzene rings is 1. The predicted octanol–water partition coefficient (Wildman–Crippen LogP) is 5.72. The van der Waals surface area contributed by atoms with E-state index in [1.54, 1.807) is 12.4 Å². The average Bonchev–Trinajstić information content (AvgIpc) is 3.68. The Kier molecular flexibility index (Phi) is 10.8. The lowest BCUT2D eigenvalue weighted by Gasteiger charge is -2.27. The van der Waals surface area contributed by atoms with Crippen LogP contribution in [0.1, 0.15) is 74.3 Å². The number of nitrogens with zero attached hydrogens (tertiary/aromatic N) is 3. The number of nitrogens with one attached hydrogen (secondary N) is 1. The second-order valence-corrected chi connectivity index (χ2v) is 7.93. The fraction of sp³-hybridized carbons (Fsp3) is 0.423. The van der Waals surface area contributed by atoms with Crippen molar-refractivity contribution in [3.8, 4) is 12.3 Å². The predicted molar refractivity (Wildman–Crippen MR) is 134 cm³/mol. The number of halogens is 1. The summed E-state index contributed by atoms with van der Waals surface area (Å²) in [6.07, 6.45) is 17.6. The number of aryl methyl sites for hydroxylation is 1. The first kappa shape index (κ1) is 25.4. The minimum absolute atomic E-state index is 0.320.